The molecule has 2 heterocycles. The van der Waals surface area contributed by atoms with Crippen LogP contribution in [0.2, 0.25) is 0 Å². The Morgan fingerprint density at radius 2 is 1.81 bits per heavy atom. The highest BCUT2D eigenvalue weighted by molar-refractivity contribution is 8.26. The number of thioether (sulfide) groups is 2. The fourth-order valence-electron chi connectivity index (χ4n) is 3.06. The van der Waals surface area contributed by atoms with Crippen LogP contribution in [0.5, 0.6) is 0 Å². The number of benzene rings is 2. The molecular formula is C21H18N2OS3. The first kappa shape index (κ1) is 18.3. The highest BCUT2D eigenvalue weighted by Gasteiger charge is 2.30. The Hall–Kier alpha value is -2.02. The molecule has 4 rings (SSSR count). The van der Waals surface area contributed by atoms with Crippen molar-refractivity contribution in [2.24, 2.45) is 0 Å². The van der Waals surface area contributed by atoms with Crippen molar-refractivity contribution in [3.05, 3.63) is 70.6 Å². The van der Waals surface area contributed by atoms with E-state index in [1.807, 2.05) is 25.1 Å². The molecule has 6 heteroatoms. The molecule has 0 spiro atoms. The fourth-order valence-corrected chi connectivity index (χ4v) is 5.41. The van der Waals surface area contributed by atoms with Crippen LogP contribution in [0, 0.1) is 0 Å². The molecule has 0 bridgehead atoms. The smallest absolute Gasteiger partial charge is 0.266 e. The lowest BCUT2D eigenvalue weighted by atomic mass is 10.1. The third-order valence-corrected chi connectivity index (χ3v) is 7.12. The second kappa shape index (κ2) is 7.54. The molecular weight excluding hydrogens is 392 g/mol. The van der Waals surface area contributed by atoms with Crippen molar-refractivity contribution < 1.29 is 4.79 Å². The van der Waals surface area contributed by atoms with Crippen LogP contribution in [0.1, 0.15) is 6.92 Å². The third kappa shape index (κ3) is 3.45. The van der Waals surface area contributed by atoms with E-state index < -0.39 is 0 Å². The number of allylic oxidation sites excluding steroid dienone is 2. The van der Waals surface area contributed by atoms with Gasteiger partial charge in [-0.05, 0) is 42.3 Å². The zero-order valence-electron chi connectivity index (χ0n) is 15.0. The molecule has 0 N–H and O–H groups in total. The summed E-state index contributed by atoms with van der Waals surface area (Å²) in [6.07, 6.45) is 3.90. The maximum atomic E-state index is 12.4. The van der Waals surface area contributed by atoms with Crippen LogP contribution in [0.3, 0.4) is 0 Å². The Kier molecular flexibility index (Phi) is 5.12. The van der Waals surface area contributed by atoms with Gasteiger partial charge >= 0.3 is 0 Å². The van der Waals surface area contributed by atoms with Gasteiger partial charge in [-0.1, -0.05) is 72.1 Å². The van der Waals surface area contributed by atoms with Crippen LogP contribution < -0.4 is 4.90 Å². The Morgan fingerprint density at radius 3 is 2.52 bits per heavy atom. The number of hydrogen-bond donors (Lipinski definition) is 0. The van der Waals surface area contributed by atoms with E-state index in [4.69, 9.17) is 12.2 Å². The number of nitrogens with zero attached hydrogens (tertiary/aromatic N) is 2. The molecule has 27 heavy (non-hydrogen) atoms. The van der Waals surface area contributed by atoms with Crippen LogP contribution in [0.4, 0.5) is 5.69 Å². The minimum absolute atomic E-state index is 0.00104. The molecule has 1 saturated heterocycles. The highest BCUT2D eigenvalue weighted by atomic mass is 32.2. The average Bonchev–Trinajstić information content (AvgIpc) is 3.15. The summed E-state index contributed by atoms with van der Waals surface area (Å²) in [7, 11) is 2.06. The SMILES string of the molecule is CCN1C(=O)/C(=C\C=C2/Sc3ccc(-c4ccccc4)cc3N2C)SC1=S. The van der Waals surface area contributed by atoms with E-state index in [0.717, 1.165) is 5.03 Å². The monoisotopic (exact) mass is 410 g/mol. The normalized spacial score (nSPS) is 19.5. The van der Waals surface area contributed by atoms with E-state index in [2.05, 4.69) is 54.4 Å². The molecule has 2 aliphatic rings. The van der Waals surface area contributed by atoms with Gasteiger partial charge < -0.3 is 4.90 Å². The number of amides is 1. The lowest BCUT2D eigenvalue weighted by Crippen LogP contribution is -2.27. The van der Waals surface area contributed by atoms with Gasteiger partial charge in [0.15, 0.2) is 0 Å². The summed E-state index contributed by atoms with van der Waals surface area (Å²) in [5, 5.41) is 1.09. The summed E-state index contributed by atoms with van der Waals surface area (Å²) in [5.41, 5.74) is 3.59. The summed E-state index contributed by atoms with van der Waals surface area (Å²) in [5.74, 6) is -0.00104. The molecule has 2 aromatic carbocycles. The Balaban J connectivity index is 1.60. The first-order valence-electron chi connectivity index (χ1n) is 8.65. The number of carbonyl (C=O) groups excluding carboxylic acids is 1. The van der Waals surface area contributed by atoms with E-state index in [1.54, 1.807) is 16.7 Å². The Morgan fingerprint density at radius 1 is 1.04 bits per heavy atom. The van der Waals surface area contributed by atoms with Crippen molar-refractivity contribution in [1.29, 1.82) is 0 Å². The molecule has 0 radical (unpaired) electrons. The second-order valence-electron chi connectivity index (χ2n) is 6.16. The number of anilines is 1. The molecule has 3 nitrogen and oxygen atoms in total. The predicted octanol–water partition coefficient (Wildman–Crippen LogP) is 5.50. The lowest BCUT2D eigenvalue weighted by molar-refractivity contribution is -0.122. The van der Waals surface area contributed by atoms with Gasteiger partial charge in [-0.3, -0.25) is 9.69 Å². The molecule has 0 saturated carbocycles. The maximum absolute atomic E-state index is 12.4. The van der Waals surface area contributed by atoms with Gasteiger partial charge in [0.25, 0.3) is 5.91 Å². The zero-order valence-corrected chi connectivity index (χ0v) is 17.5. The van der Waals surface area contributed by atoms with Crippen LogP contribution in [0.15, 0.2) is 75.5 Å². The standard InChI is InChI=1S/C21H18N2OS3/c1-3-23-20(24)18(27-21(23)25)11-12-19-22(2)16-13-15(9-10-17(16)26-19)14-7-5-4-6-8-14/h4-13H,3H2,1-2H3/b18-11+,19-12-. The van der Waals surface area contributed by atoms with Crippen LogP contribution >= 0.6 is 35.7 Å². The van der Waals surface area contributed by atoms with Gasteiger partial charge in [-0.2, -0.15) is 0 Å². The van der Waals surface area contributed by atoms with Crippen LogP contribution in [-0.2, 0) is 4.79 Å². The van der Waals surface area contributed by atoms with Gasteiger partial charge in [0.1, 0.15) is 4.32 Å². The molecule has 1 fully saturated rings. The van der Waals surface area contributed by atoms with E-state index in [1.165, 1.54) is 33.5 Å². The topological polar surface area (TPSA) is 23.6 Å². The molecule has 0 aliphatic carbocycles. The molecule has 0 unspecified atom stereocenters. The Labute approximate surface area is 173 Å². The number of likely N-dealkylation sites (N-methyl/N-ethyl adjacent to an activating group) is 1. The summed E-state index contributed by atoms with van der Waals surface area (Å²) in [6.45, 7) is 2.55. The van der Waals surface area contributed by atoms with Crippen molar-refractivity contribution in [1.82, 2.24) is 4.90 Å². The number of hydrogen-bond acceptors (Lipinski definition) is 5. The fraction of sp³-hybridized carbons (Fsp3) is 0.143. The largest absolute Gasteiger partial charge is 0.338 e. The van der Waals surface area contributed by atoms with Crippen LogP contribution in [-0.4, -0.2) is 28.7 Å². The number of carbonyl (C=O) groups is 1. The van der Waals surface area contributed by atoms with E-state index in [0.29, 0.717) is 15.8 Å². The van der Waals surface area contributed by atoms with E-state index in [9.17, 15) is 4.79 Å². The number of fused-ring (bicyclic) bond motifs is 1. The first-order chi connectivity index (χ1) is 13.1. The summed E-state index contributed by atoms with van der Waals surface area (Å²) in [4.78, 5) is 18.1. The van der Waals surface area contributed by atoms with E-state index >= 15 is 0 Å². The molecule has 2 aliphatic heterocycles. The summed E-state index contributed by atoms with van der Waals surface area (Å²) < 4.78 is 0.635. The number of thiocarbonyl (C=S) groups is 1. The average molecular weight is 411 g/mol. The quantitative estimate of drug-likeness (QED) is 0.491. The third-order valence-electron chi connectivity index (χ3n) is 4.54. The van der Waals surface area contributed by atoms with Gasteiger partial charge in [-0.25, -0.2) is 0 Å². The molecule has 1 amide bonds. The van der Waals surface area contributed by atoms with Crippen molar-refractivity contribution in [3.63, 3.8) is 0 Å². The van der Waals surface area contributed by atoms with Crippen molar-refractivity contribution >= 4 is 51.7 Å². The summed E-state index contributed by atoms with van der Waals surface area (Å²) in [6, 6.07) is 16.9. The van der Waals surface area contributed by atoms with Crippen LogP contribution in [0.25, 0.3) is 11.1 Å². The second-order valence-corrected chi connectivity index (χ2v) is 8.90. The van der Waals surface area contributed by atoms with Crippen molar-refractivity contribution in [2.45, 2.75) is 11.8 Å². The highest BCUT2D eigenvalue weighted by Crippen LogP contribution is 2.46. The minimum Gasteiger partial charge on any atom is -0.338 e. The zero-order chi connectivity index (χ0) is 19.0. The Bertz CT molecular complexity index is 982. The van der Waals surface area contributed by atoms with Gasteiger partial charge in [-0.15, -0.1) is 0 Å². The van der Waals surface area contributed by atoms with Gasteiger partial charge in [0.2, 0.25) is 0 Å². The molecule has 136 valence electrons. The molecule has 0 aromatic heterocycles. The minimum atomic E-state index is -0.00104. The maximum Gasteiger partial charge on any atom is 0.266 e. The molecule has 2 aromatic rings. The molecule has 0 atom stereocenters. The van der Waals surface area contributed by atoms with Gasteiger partial charge in [0.05, 0.1) is 15.6 Å². The number of rotatable bonds is 3. The summed E-state index contributed by atoms with van der Waals surface area (Å²) >= 11 is 8.36. The first-order valence-corrected chi connectivity index (χ1v) is 10.7. The van der Waals surface area contributed by atoms with Gasteiger partial charge in [0, 0.05) is 18.5 Å². The van der Waals surface area contributed by atoms with E-state index in [-0.39, 0.29) is 5.91 Å². The van der Waals surface area contributed by atoms with Crippen molar-refractivity contribution in [3.8, 4) is 11.1 Å². The predicted molar refractivity (Wildman–Crippen MR) is 120 cm³/mol. The van der Waals surface area contributed by atoms with Crippen molar-refractivity contribution in [2.75, 3.05) is 18.5 Å². The lowest BCUT2D eigenvalue weighted by Gasteiger charge is -2.14.